The summed E-state index contributed by atoms with van der Waals surface area (Å²) in [6.07, 6.45) is 8.19. The van der Waals surface area contributed by atoms with E-state index in [4.69, 9.17) is 5.84 Å². The van der Waals surface area contributed by atoms with Crippen LogP contribution in [0, 0.1) is 6.92 Å². The van der Waals surface area contributed by atoms with Gasteiger partial charge in [0.2, 0.25) is 11.1 Å². The van der Waals surface area contributed by atoms with Crippen LogP contribution in [-0.4, -0.2) is 32.6 Å². The first kappa shape index (κ1) is 15.9. The molecule has 1 atom stereocenters. The molecule has 1 amide bonds. The van der Waals surface area contributed by atoms with E-state index in [2.05, 4.69) is 21.6 Å². The van der Waals surface area contributed by atoms with Gasteiger partial charge in [-0.25, -0.2) is 4.68 Å². The molecule has 0 fully saturated rings. The van der Waals surface area contributed by atoms with E-state index >= 15 is 0 Å². The maximum absolute atomic E-state index is 12.1. The Morgan fingerprint density at radius 1 is 1.52 bits per heavy atom. The van der Waals surface area contributed by atoms with Crippen LogP contribution in [0.25, 0.3) is 0 Å². The Morgan fingerprint density at radius 2 is 2.33 bits per heavy atom. The average Bonchev–Trinajstić information content (AvgIpc) is 2.80. The van der Waals surface area contributed by atoms with Crippen LogP contribution in [0.15, 0.2) is 16.8 Å². The van der Waals surface area contributed by atoms with Crippen LogP contribution in [0.3, 0.4) is 0 Å². The van der Waals surface area contributed by atoms with E-state index < -0.39 is 0 Å². The fraction of sp³-hybridized carbons (Fsp3) is 0.643. The largest absolute Gasteiger partial charge is 0.355 e. The molecule has 21 heavy (non-hydrogen) atoms. The lowest BCUT2D eigenvalue weighted by Crippen LogP contribution is -2.32. The summed E-state index contributed by atoms with van der Waals surface area (Å²) in [5.41, 5.74) is 1.47. The highest BCUT2D eigenvalue weighted by atomic mass is 32.2. The summed E-state index contributed by atoms with van der Waals surface area (Å²) in [6, 6.07) is 0. The van der Waals surface area contributed by atoms with E-state index in [0.29, 0.717) is 17.5 Å². The highest BCUT2D eigenvalue weighted by Gasteiger charge is 2.18. The molecule has 2 rings (SSSR count). The zero-order valence-corrected chi connectivity index (χ0v) is 13.4. The van der Waals surface area contributed by atoms with Crippen LogP contribution in [0.4, 0.5) is 0 Å². The summed E-state index contributed by atoms with van der Waals surface area (Å²) < 4.78 is 1.40. The Balaban J connectivity index is 1.74. The third-order valence-electron chi connectivity index (χ3n) is 3.62. The number of allylic oxidation sites excluding steroid dienone is 1. The number of carbonyl (C=O) groups is 1. The lowest BCUT2D eigenvalue weighted by Gasteiger charge is -2.14. The van der Waals surface area contributed by atoms with E-state index in [-0.39, 0.29) is 11.2 Å². The number of rotatable bonds is 6. The summed E-state index contributed by atoms with van der Waals surface area (Å²) in [5.74, 6) is 6.43. The van der Waals surface area contributed by atoms with Gasteiger partial charge in [0.15, 0.2) is 0 Å². The predicted octanol–water partition coefficient (Wildman–Crippen LogP) is 1.79. The van der Waals surface area contributed by atoms with Gasteiger partial charge >= 0.3 is 0 Å². The summed E-state index contributed by atoms with van der Waals surface area (Å²) in [7, 11) is 0. The third kappa shape index (κ3) is 4.49. The molecule has 6 nitrogen and oxygen atoms in total. The first-order valence-corrected chi connectivity index (χ1v) is 8.25. The second kappa shape index (κ2) is 7.49. The standard InChI is InChI=1S/C14H23N5OS/c1-10(21-14-18-17-11(2)19(14)15)13(20)16-9-8-12-6-4-3-5-7-12/h6,10H,3-5,7-9,15H2,1-2H3,(H,16,20)/t10-/m0/s1. The second-order valence-corrected chi connectivity index (χ2v) is 6.62. The number of nitrogens with zero attached hydrogens (tertiary/aromatic N) is 3. The van der Waals surface area contributed by atoms with Gasteiger partial charge in [-0.15, -0.1) is 10.2 Å². The molecule has 3 N–H and O–H groups in total. The molecule has 7 heteroatoms. The Labute approximate surface area is 129 Å². The molecule has 0 saturated heterocycles. The summed E-state index contributed by atoms with van der Waals surface area (Å²) in [5, 5.41) is 11.1. The van der Waals surface area contributed by atoms with E-state index in [1.807, 2.05) is 6.92 Å². The van der Waals surface area contributed by atoms with Crippen LogP contribution in [0.1, 0.15) is 44.9 Å². The number of aromatic nitrogens is 3. The molecule has 1 heterocycles. The van der Waals surface area contributed by atoms with Crippen LogP contribution < -0.4 is 11.2 Å². The van der Waals surface area contributed by atoms with Gasteiger partial charge in [0, 0.05) is 6.54 Å². The quantitative estimate of drug-likeness (QED) is 0.475. The Hall–Kier alpha value is -1.50. The summed E-state index contributed by atoms with van der Waals surface area (Å²) in [4.78, 5) is 12.1. The number of aryl methyl sites for hydroxylation is 1. The Kier molecular flexibility index (Phi) is 5.67. The molecule has 0 aliphatic heterocycles. The van der Waals surface area contributed by atoms with E-state index in [1.54, 1.807) is 6.92 Å². The molecule has 0 radical (unpaired) electrons. The molecule has 1 aliphatic rings. The summed E-state index contributed by atoms with van der Waals surface area (Å²) in [6.45, 7) is 4.33. The first-order chi connectivity index (χ1) is 10.1. The lowest BCUT2D eigenvalue weighted by molar-refractivity contribution is -0.120. The number of hydrogen-bond donors (Lipinski definition) is 2. The SMILES string of the molecule is Cc1nnc(S[C@@H](C)C(=O)NCCC2=CCCCC2)n1N. The molecule has 0 bridgehead atoms. The van der Waals surface area contributed by atoms with Crippen molar-refractivity contribution < 1.29 is 4.79 Å². The van der Waals surface area contributed by atoms with E-state index in [0.717, 1.165) is 6.42 Å². The van der Waals surface area contributed by atoms with Crippen LogP contribution in [-0.2, 0) is 4.79 Å². The van der Waals surface area contributed by atoms with Gasteiger partial charge in [0.25, 0.3) is 0 Å². The molecular weight excluding hydrogens is 286 g/mol. The molecule has 0 saturated carbocycles. The summed E-state index contributed by atoms with van der Waals surface area (Å²) >= 11 is 1.32. The van der Waals surface area contributed by atoms with Crippen molar-refractivity contribution in [2.24, 2.45) is 0 Å². The number of nitrogens with one attached hydrogen (secondary N) is 1. The van der Waals surface area contributed by atoms with Crippen molar-refractivity contribution in [3.63, 3.8) is 0 Å². The molecular formula is C14H23N5OS. The molecule has 0 unspecified atom stereocenters. The van der Waals surface area contributed by atoms with Crippen molar-refractivity contribution in [1.29, 1.82) is 0 Å². The van der Waals surface area contributed by atoms with Crippen LogP contribution >= 0.6 is 11.8 Å². The number of amides is 1. The smallest absolute Gasteiger partial charge is 0.233 e. The normalized spacial score (nSPS) is 16.4. The minimum absolute atomic E-state index is 0.0112. The van der Waals surface area contributed by atoms with Gasteiger partial charge in [-0.05, 0) is 46.0 Å². The number of nitrogen functional groups attached to an aromatic ring is 1. The fourth-order valence-electron chi connectivity index (χ4n) is 2.26. The van der Waals surface area contributed by atoms with Crippen molar-refractivity contribution in [2.75, 3.05) is 12.4 Å². The number of carbonyl (C=O) groups excluding carboxylic acids is 1. The maximum Gasteiger partial charge on any atom is 0.233 e. The zero-order chi connectivity index (χ0) is 15.2. The van der Waals surface area contributed by atoms with Crippen LogP contribution in [0.5, 0.6) is 0 Å². The van der Waals surface area contributed by atoms with Crippen molar-refractivity contribution >= 4 is 17.7 Å². The highest BCUT2D eigenvalue weighted by molar-refractivity contribution is 8.00. The molecule has 1 aromatic rings. The Bertz CT molecular complexity index is 525. The van der Waals surface area contributed by atoms with Crippen molar-refractivity contribution in [3.05, 3.63) is 17.5 Å². The van der Waals surface area contributed by atoms with E-state index in [9.17, 15) is 4.79 Å². The number of thioether (sulfide) groups is 1. The van der Waals surface area contributed by atoms with Gasteiger partial charge in [0.05, 0.1) is 5.25 Å². The van der Waals surface area contributed by atoms with E-state index in [1.165, 1.54) is 47.7 Å². The van der Waals surface area contributed by atoms with Crippen molar-refractivity contribution in [3.8, 4) is 0 Å². The van der Waals surface area contributed by atoms with Gasteiger partial charge in [-0.2, -0.15) is 0 Å². The van der Waals surface area contributed by atoms with Crippen molar-refractivity contribution in [1.82, 2.24) is 20.2 Å². The number of hydrogen-bond acceptors (Lipinski definition) is 5. The predicted molar refractivity (Wildman–Crippen MR) is 84.4 cm³/mol. The zero-order valence-electron chi connectivity index (χ0n) is 12.6. The topological polar surface area (TPSA) is 85.8 Å². The number of nitrogens with two attached hydrogens (primary N) is 1. The third-order valence-corrected chi connectivity index (χ3v) is 4.67. The monoisotopic (exact) mass is 309 g/mol. The first-order valence-electron chi connectivity index (χ1n) is 7.37. The highest BCUT2D eigenvalue weighted by Crippen LogP contribution is 2.21. The lowest BCUT2D eigenvalue weighted by atomic mass is 9.97. The van der Waals surface area contributed by atoms with Gasteiger partial charge in [0.1, 0.15) is 5.82 Å². The molecule has 116 valence electrons. The van der Waals surface area contributed by atoms with Gasteiger partial charge < -0.3 is 11.2 Å². The molecule has 1 aromatic heterocycles. The molecule has 0 aromatic carbocycles. The minimum atomic E-state index is -0.240. The minimum Gasteiger partial charge on any atom is -0.355 e. The van der Waals surface area contributed by atoms with Gasteiger partial charge in [-0.1, -0.05) is 23.4 Å². The maximum atomic E-state index is 12.1. The van der Waals surface area contributed by atoms with Gasteiger partial charge in [-0.3, -0.25) is 4.79 Å². The average molecular weight is 309 g/mol. The van der Waals surface area contributed by atoms with Crippen molar-refractivity contribution in [2.45, 2.75) is 56.4 Å². The van der Waals surface area contributed by atoms with Crippen LogP contribution in [0.2, 0.25) is 0 Å². The second-order valence-electron chi connectivity index (χ2n) is 5.31. The Morgan fingerprint density at radius 3 is 2.95 bits per heavy atom. The molecule has 1 aliphatic carbocycles. The fourth-order valence-corrected chi connectivity index (χ4v) is 3.10. The molecule has 0 spiro atoms.